The lowest BCUT2D eigenvalue weighted by Crippen LogP contribution is -2.39. The third kappa shape index (κ3) is 4.63. The van der Waals surface area contributed by atoms with Crippen LogP contribution in [0.1, 0.15) is 6.92 Å². The molecule has 0 aliphatic rings. The number of hydrogen-bond acceptors (Lipinski definition) is 5. The molecule has 8 heteroatoms. The number of likely N-dealkylation sites (N-methyl/N-ethyl adjacent to an activating group) is 1. The highest BCUT2D eigenvalue weighted by molar-refractivity contribution is 7.91. The van der Waals surface area contributed by atoms with E-state index in [0.29, 0.717) is 0 Å². The number of carbonyl (C=O) groups is 1. The minimum absolute atomic E-state index is 0.174. The minimum atomic E-state index is -3.62. The van der Waals surface area contributed by atoms with E-state index in [-0.39, 0.29) is 29.1 Å². The zero-order valence-electron chi connectivity index (χ0n) is 10.7. The Morgan fingerprint density at radius 2 is 2.32 bits per heavy atom. The van der Waals surface area contributed by atoms with Gasteiger partial charge in [-0.1, -0.05) is 6.07 Å². The van der Waals surface area contributed by atoms with Gasteiger partial charge in [0.2, 0.25) is 5.91 Å². The molecule has 1 aromatic heterocycles. The number of thiophene rings is 1. The molecule has 1 aromatic rings. The molecule has 0 aliphatic carbocycles. The summed E-state index contributed by atoms with van der Waals surface area (Å²) >= 11 is 1.09. The Balaban J connectivity index is 2.53. The van der Waals surface area contributed by atoms with Crippen molar-refractivity contribution in [2.75, 3.05) is 20.1 Å². The molecule has 0 unspecified atom stereocenters. The van der Waals surface area contributed by atoms with Crippen LogP contribution < -0.4 is 4.72 Å². The van der Waals surface area contributed by atoms with E-state index >= 15 is 0 Å². The van der Waals surface area contributed by atoms with E-state index in [2.05, 4.69) is 4.72 Å². The molecular weight excluding hydrogens is 286 g/mol. The van der Waals surface area contributed by atoms with Crippen LogP contribution in [-0.4, -0.2) is 39.4 Å². The number of carbonyl (C=O) groups excluding carboxylic acids is 1. The molecule has 0 spiro atoms. The zero-order chi connectivity index (χ0) is 14.5. The van der Waals surface area contributed by atoms with Crippen molar-refractivity contribution in [1.82, 2.24) is 9.62 Å². The molecule has 1 amide bonds. The summed E-state index contributed by atoms with van der Waals surface area (Å²) in [5.41, 5.74) is 0. The lowest BCUT2D eigenvalue weighted by atomic mass is 10.2. The highest BCUT2D eigenvalue weighted by Crippen LogP contribution is 2.14. The van der Waals surface area contributed by atoms with Crippen LogP contribution in [0.5, 0.6) is 0 Å². The van der Waals surface area contributed by atoms with E-state index in [4.69, 9.17) is 5.26 Å². The fourth-order valence-corrected chi connectivity index (χ4v) is 3.34. The largest absolute Gasteiger partial charge is 0.343 e. The van der Waals surface area contributed by atoms with Crippen molar-refractivity contribution in [3.05, 3.63) is 17.5 Å². The molecule has 0 radical (unpaired) electrons. The summed E-state index contributed by atoms with van der Waals surface area (Å²) in [6, 6.07) is 5.11. The summed E-state index contributed by atoms with van der Waals surface area (Å²) in [6.07, 6.45) is 0. The average molecular weight is 301 g/mol. The lowest BCUT2D eigenvalue weighted by molar-refractivity contribution is -0.128. The fraction of sp³-hybridized carbons (Fsp3) is 0.455. The summed E-state index contributed by atoms with van der Waals surface area (Å²) in [5.74, 6) is -0.662. The normalized spacial score (nSPS) is 12.7. The van der Waals surface area contributed by atoms with Gasteiger partial charge in [-0.25, -0.2) is 13.1 Å². The van der Waals surface area contributed by atoms with Crippen molar-refractivity contribution < 1.29 is 13.2 Å². The third-order valence-corrected chi connectivity index (χ3v) is 5.17. The Hall–Kier alpha value is -1.43. The molecule has 0 bridgehead atoms. The number of nitrogens with one attached hydrogen (secondary N) is 1. The van der Waals surface area contributed by atoms with E-state index in [9.17, 15) is 13.2 Å². The molecule has 104 valence electrons. The van der Waals surface area contributed by atoms with E-state index in [1.54, 1.807) is 18.4 Å². The van der Waals surface area contributed by atoms with Crippen LogP contribution in [-0.2, 0) is 14.8 Å². The summed E-state index contributed by atoms with van der Waals surface area (Å²) in [6.45, 7) is 1.66. The molecule has 0 fully saturated rings. The summed E-state index contributed by atoms with van der Waals surface area (Å²) in [5, 5.41) is 10.3. The second-order valence-corrected chi connectivity index (χ2v) is 7.00. The van der Waals surface area contributed by atoms with Gasteiger partial charge in [0.15, 0.2) is 0 Å². The fourth-order valence-electron chi connectivity index (χ4n) is 1.33. The first kappa shape index (κ1) is 15.6. The molecular formula is C11H15N3O3S2. The van der Waals surface area contributed by atoms with E-state index in [0.717, 1.165) is 11.3 Å². The van der Waals surface area contributed by atoms with Crippen LogP contribution in [0.2, 0.25) is 0 Å². The lowest BCUT2D eigenvalue weighted by Gasteiger charge is -2.18. The van der Waals surface area contributed by atoms with Gasteiger partial charge in [0.25, 0.3) is 10.0 Å². The molecule has 1 N–H and O–H groups in total. The molecule has 1 rings (SSSR count). The van der Waals surface area contributed by atoms with Crippen molar-refractivity contribution in [1.29, 1.82) is 5.26 Å². The van der Waals surface area contributed by atoms with Gasteiger partial charge in [0.1, 0.15) is 4.21 Å². The van der Waals surface area contributed by atoms with Crippen LogP contribution in [0.3, 0.4) is 0 Å². The quantitative estimate of drug-likeness (QED) is 0.835. The van der Waals surface area contributed by atoms with Crippen molar-refractivity contribution in [3.63, 3.8) is 0 Å². The van der Waals surface area contributed by atoms with Gasteiger partial charge in [-0.05, 0) is 18.4 Å². The van der Waals surface area contributed by atoms with Crippen molar-refractivity contribution in [2.45, 2.75) is 11.1 Å². The van der Waals surface area contributed by atoms with E-state index in [1.165, 1.54) is 18.0 Å². The van der Waals surface area contributed by atoms with Gasteiger partial charge >= 0.3 is 0 Å². The number of rotatable bonds is 6. The van der Waals surface area contributed by atoms with Crippen molar-refractivity contribution >= 4 is 27.3 Å². The van der Waals surface area contributed by atoms with Crippen LogP contribution in [0.4, 0.5) is 0 Å². The highest BCUT2D eigenvalue weighted by Gasteiger charge is 2.18. The molecule has 1 heterocycles. The molecule has 1 atom stereocenters. The van der Waals surface area contributed by atoms with Crippen LogP contribution >= 0.6 is 11.3 Å². The maximum Gasteiger partial charge on any atom is 0.250 e. The number of sulfonamides is 1. The average Bonchev–Trinajstić information content (AvgIpc) is 2.90. The second-order valence-electron chi connectivity index (χ2n) is 4.06. The van der Waals surface area contributed by atoms with Crippen molar-refractivity contribution in [3.8, 4) is 6.07 Å². The number of nitriles is 1. The Morgan fingerprint density at radius 1 is 1.63 bits per heavy atom. The van der Waals surface area contributed by atoms with Gasteiger partial charge in [0.05, 0.1) is 18.5 Å². The monoisotopic (exact) mass is 301 g/mol. The van der Waals surface area contributed by atoms with Crippen LogP contribution in [0.15, 0.2) is 21.7 Å². The summed E-state index contributed by atoms with van der Waals surface area (Å²) in [4.78, 5) is 13.0. The maximum atomic E-state index is 11.8. The van der Waals surface area contributed by atoms with Gasteiger partial charge < -0.3 is 4.90 Å². The topological polar surface area (TPSA) is 90.3 Å². The molecule has 19 heavy (non-hydrogen) atoms. The predicted molar refractivity (Wildman–Crippen MR) is 71.9 cm³/mol. The van der Waals surface area contributed by atoms with Crippen molar-refractivity contribution in [2.24, 2.45) is 5.92 Å². The first-order chi connectivity index (χ1) is 8.86. The first-order valence-electron chi connectivity index (χ1n) is 5.53. The number of hydrogen-bond donors (Lipinski definition) is 1. The standard InChI is InChI=1S/C11H15N3O3S2/c1-9(6-12)8-14(2)10(15)7-13-19(16,17)11-4-3-5-18-11/h3-5,9,13H,7-8H2,1-2H3/t9-/m0/s1. The number of nitrogens with zero attached hydrogens (tertiary/aromatic N) is 2. The minimum Gasteiger partial charge on any atom is -0.343 e. The van der Waals surface area contributed by atoms with Crippen LogP contribution in [0, 0.1) is 17.2 Å². The van der Waals surface area contributed by atoms with Gasteiger partial charge in [0, 0.05) is 13.6 Å². The second kappa shape index (κ2) is 6.65. The van der Waals surface area contributed by atoms with E-state index in [1.807, 2.05) is 6.07 Å². The third-order valence-electron chi connectivity index (χ3n) is 2.37. The first-order valence-corrected chi connectivity index (χ1v) is 7.90. The maximum absolute atomic E-state index is 11.8. The van der Waals surface area contributed by atoms with Gasteiger partial charge in [-0.2, -0.15) is 5.26 Å². The highest BCUT2D eigenvalue weighted by atomic mass is 32.2. The Morgan fingerprint density at radius 3 is 2.84 bits per heavy atom. The van der Waals surface area contributed by atoms with Gasteiger partial charge in [-0.15, -0.1) is 11.3 Å². The molecule has 0 saturated carbocycles. The smallest absolute Gasteiger partial charge is 0.250 e. The Bertz CT molecular complexity index is 561. The summed E-state index contributed by atoms with van der Waals surface area (Å²) in [7, 11) is -2.09. The SMILES string of the molecule is C[C@@H](C#N)CN(C)C(=O)CNS(=O)(=O)c1cccs1. The van der Waals surface area contributed by atoms with E-state index < -0.39 is 10.0 Å². The number of amides is 1. The summed E-state index contributed by atoms with van der Waals surface area (Å²) < 4.78 is 26.0. The molecule has 0 saturated heterocycles. The van der Waals surface area contributed by atoms with Gasteiger partial charge in [-0.3, -0.25) is 4.79 Å². The Kier molecular flexibility index (Phi) is 5.47. The zero-order valence-corrected chi connectivity index (χ0v) is 12.3. The van der Waals surface area contributed by atoms with Crippen LogP contribution in [0.25, 0.3) is 0 Å². The molecule has 0 aromatic carbocycles. The molecule has 0 aliphatic heterocycles. The predicted octanol–water partition coefficient (Wildman–Crippen LogP) is 0.644. The molecule has 6 nitrogen and oxygen atoms in total. The Labute approximate surface area is 116 Å².